The predicted molar refractivity (Wildman–Crippen MR) is 77.6 cm³/mol. The van der Waals surface area contributed by atoms with Crippen LogP contribution < -0.4 is 4.74 Å². The molecule has 0 radical (unpaired) electrons. The second-order valence-electron chi connectivity index (χ2n) is 4.51. The number of rotatable bonds is 6. The van der Waals surface area contributed by atoms with E-state index >= 15 is 0 Å². The largest absolute Gasteiger partial charge is 0.481 e. The zero-order chi connectivity index (χ0) is 15.3. The molecule has 0 aliphatic rings. The number of hydrogen-bond acceptors (Lipinski definition) is 4. The van der Waals surface area contributed by atoms with Gasteiger partial charge in [-0.1, -0.05) is 0 Å². The minimum absolute atomic E-state index is 0.0813. The monoisotopic (exact) mass is 299 g/mol. The van der Waals surface area contributed by atoms with Crippen molar-refractivity contribution in [1.29, 1.82) is 0 Å². The minimum atomic E-state index is -3.22. The van der Waals surface area contributed by atoms with Crippen molar-refractivity contribution in [2.24, 2.45) is 0 Å². The summed E-state index contributed by atoms with van der Waals surface area (Å²) < 4.78 is 28.2. The number of sulfone groups is 1. The smallest absolute Gasteiger partial charge is 0.263 e. The Labute approximate surface area is 120 Å². The second kappa shape index (κ2) is 6.74. The van der Waals surface area contributed by atoms with Crippen LogP contribution in [0.1, 0.15) is 20.8 Å². The first-order valence-electron chi connectivity index (χ1n) is 6.55. The molecule has 0 bridgehead atoms. The van der Waals surface area contributed by atoms with E-state index in [2.05, 4.69) is 0 Å². The van der Waals surface area contributed by atoms with Crippen LogP contribution in [0.3, 0.4) is 0 Å². The van der Waals surface area contributed by atoms with Crippen molar-refractivity contribution in [2.75, 3.05) is 19.3 Å². The molecule has 0 aliphatic heterocycles. The number of benzene rings is 1. The third-order valence-electron chi connectivity index (χ3n) is 2.99. The van der Waals surface area contributed by atoms with Crippen LogP contribution in [0.25, 0.3) is 0 Å². The molecule has 6 heteroatoms. The maximum atomic E-state index is 12.0. The van der Waals surface area contributed by atoms with Gasteiger partial charge in [0.25, 0.3) is 5.91 Å². The number of carbonyl (C=O) groups is 1. The van der Waals surface area contributed by atoms with E-state index in [4.69, 9.17) is 4.74 Å². The van der Waals surface area contributed by atoms with Crippen LogP contribution in [0.5, 0.6) is 5.75 Å². The lowest BCUT2D eigenvalue weighted by molar-refractivity contribution is -0.137. The number of hydrogen-bond donors (Lipinski definition) is 0. The van der Waals surface area contributed by atoms with Gasteiger partial charge >= 0.3 is 0 Å². The van der Waals surface area contributed by atoms with E-state index in [-0.39, 0.29) is 10.8 Å². The van der Waals surface area contributed by atoms with Crippen molar-refractivity contribution < 1.29 is 17.9 Å². The van der Waals surface area contributed by atoms with Crippen LogP contribution in [-0.4, -0.2) is 44.7 Å². The van der Waals surface area contributed by atoms with Crippen LogP contribution >= 0.6 is 0 Å². The molecule has 1 rings (SSSR count). The average Bonchev–Trinajstić information content (AvgIpc) is 2.39. The molecule has 20 heavy (non-hydrogen) atoms. The molecule has 0 N–H and O–H groups in total. The first-order valence-corrected chi connectivity index (χ1v) is 8.44. The van der Waals surface area contributed by atoms with Gasteiger partial charge in [0, 0.05) is 19.3 Å². The van der Waals surface area contributed by atoms with E-state index in [1.54, 1.807) is 24.0 Å². The summed E-state index contributed by atoms with van der Waals surface area (Å²) in [5.74, 6) is 0.396. The third-order valence-corrected chi connectivity index (χ3v) is 4.12. The molecule has 0 heterocycles. The first kappa shape index (κ1) is 16.5. The van der Waals surface area contributed by atoms with Gasteiger partial charge in [-0.25, -0.2) is 8.42 Å². The van der Waals surface area contributed by atoms with Crippen molar-refractivity contribution in [3.63, 3.8) is 0 Å². The summed E-state index contributed by atoms with van der Waals surface area (Å²) in [6.07, 6.45) is 0.550. The lowest BCUT2D eigenvalue weighted by Gasteiger charge is -2.23. The van der Waals surface area contributed by atoms with Gasteiger partial charge in [-0.15, -0.1) is 0 Å². The number of nitrogens with zero attached hydrogens (tertiary/aromatic N) is 1. The van der Waals surface area contributed by atoms with Crippen LogP contribution in [0.4, 0.5) is 0 Å². The van der Waals surface area contributed by atoms with Crippen LogP contribution in [0, 0.1) is 0 Å². The normalized spacial score (nSPS) is 12.8. The zero-order valence-electron chi connectivity index (χ0n) is 12.3. The molecule has 1 aromatic carbocycles. The van der Waals surface area contributed by atoms with Gasteiger partial charge in [0.15, 0.2) is 15.9 Å². The topological polar surface area (TPSA) is 63.7 Å². The average molecular weight is 299 g/mol. The molecule has 1 aromatic rings. The Morgan fingerprint density at radius 3 is 2.10 bits per heavy atom. The van der Waals surface area contributed by atoms with Gasteiger partial charge in [-0.3, -0.25) is 4.79 Å². The van der Waals surface area contributed by atoms with E-state index in [0.717, 1.165) is 6.26 Å². The Bertz CT molecular complexity index is 547. The highest BCUT2D eigenvalue weighted by atomic mass is 32.2. The summed E-state index contributed by atoms with van der Waals surface area (Å²) in [7, 11) is -3.22. The molecule has 0 aliphatic carbocycles. The van der Waals surface area contributed by atoms with E-state index in [0.29, 0.717) is 18.8 Å². The van der Waals surface area contributed by atoms with Crippen molar-refractivity contribution in [3.8, 4) is 5.75 Å². The summed E-state index contributed by atoms with van der Waals surface area (Å²) in [5, 5.41) is 0. The molecule has 1 amide bonds. The maximum Gasteiger partial charge on any atom is 0.263 e. The Morgan fingerprint density at radius 1 is 1.20 bits per heavy atom. The standard InChI is InChI=1S/C14H21NO4S/c1-5-15(6-2)14(16)11(3)19-12-7-9-13(10-8-12)20(4,17)18/h7-11H,5-6H2,1-4H3. The Morgan fingerprint density at radius 2 is 1.70 bits per heavy atom. The highest BCUT2D eigenvalue weighted by Gasteiger charge is 2.19. The lowest BCUT2D eigenvalue weighted by atomic mass is 10.3. The van der Waals surface area contributed by atoms with E-state index in [1.807, 2.05) is 13.8 Å². The van der Waals surface area contributed by atoms with Crippen molar-refractivity contribution in [1.82, 2.24) is 4.90 Å². The molecule has 5 nitrogen and oxygen atoms in total. The molecule has 0 saturated heterocycles. The summed E-state index contributed by atoms with van der Waals surface area (Å²) >= 11 is 0. The Balaban J connectivity index is 2.76. The van der Waals surface area contributed by atoms with Gasteiger partial charge in [0.05, 0.1) is 4.90 Å². The fourth-order valence-corrected chi connectivity index (χ4v) is 2.44. The Hall–Kier alpha value is -1.56. The fraction of sp³-hybridized carbons (Fsp3) is 0.500. The van der Waals surface area contributed by atoms with Gasteiger partial charge < -0.3 is 9.64 Å². The van der Waals surface area contributed by atoms with Crippen LogP contribution in [0.15, 0.2) is 29.2 Å². The molecular weight excluding hydrogens is 278 g/mol. The van der Waals surface area contributed by atoms with E-state index < -0.39 is 15.9 Å². The predicted octanol–water partition coefficient (Wildman–Crippen LogP) is 1.73. The molecule has 112 valence electrons. The lowest BCUT2D eigenvalue weighted by Crippen LogP contribution is -2.40. The SMILES string of the molecule is CCN(CC)C(=O)C(C)Oc1ccc(S(C)(=O)=O)cc1. The van der Waals surface area contributed by atoms with Crippen molar-refractivity contribution in [2.45, 2.75) is 31.8 Å². The van der Waals surface area contributed by atoms with Gasteiger partial charge in [-0.05, 0) is 45.0 Å². The van der Waals surface area contributed by atoms with Crippen LogP contribution in [-0.2, 0) is 14.6 Å². The molecule has 1 atom stereocenters. The third kappa shape index (κ3) is 4.23. The van der Waals surface area contributed by atoms with Gasteiger partial charge in [0.1, 0.15) is 5.75 Å². The van der Waals surface area contributed by atoms with Crippen molar-refractivity contribution >= 4 is 15.7 Å². The molecular formula is C14H21NO4S. The molecule has 0 saturated carbocycles. The van der Waals surface area contributed by atoms with E-state index in [1.165, 1.54) is 12.1 Å². The number of likely N-dealkylation sites (N-methyl/N-ethyl adjacent to an activating group) is 1. The minimum Gasteiger partial charge on any atom is -0.481 e. The van der Waals surface area contributed by atoms with E-state index in [9.17, 15) is 13.2 Å². The summed E-state index contributed by atoms with van der Waals surface area (Å²) in [6, 6.07) is 6.06. The van der Waals surface area contributed by atoms with Crippen LogP contribution in [0.2, 0.25) is 0 Å². The summed E-state index contributed by atoms with van der Waals surface area (Å²) in [6.45, 7) is 6.78. The molecule has 0 spiro atoms. The van der Waals surface area contributed by atoms with Gasteiger partial charge in [-0.2, -0.15) is 0 Å². The number of amides is 1. The first-order chi connectivity index (χ1) is 9.29. The summed E-state index contributed by atoms with van der Waals surface area (Å²) in [5.41, 5.74) is 0. The molecule has 1 unspecified atom stereocenters. The molecule has 0 aromatic heterocycles. The highest BCUT2D eigenvalue weighted by Crippen LogP contribution is 2.17. The highest BCUT2D eigenvalue weighted by molar-refractivity contribution is 7.90. The van der Waals surface area contributed by atoms with Crippen molar-refractivity contribution in [3.05, 3.63) is 24.3 Å². The maximum absolute atomic E-state index is 12.0. The number of ether oxygens (including phenoxy) is 1. The zero-order valence-corrected chi connectivity index (χ0v) is 13.1. The second-order valence-corrected chi connectivity index (χ2v) is 6.53. The quantitative estimate of drug-likeness (QED) is 0.802. The molecule has 0 fully saturated rings. The fourth-order valence-electron chi connectivity index (χ4n) is 1.81. The summed E-state index contributed by atoms with van der Waals surface area (Å²) in [4.78, 5) is 14.0. The number of carbonyl (C=O) groups excluding carboxylic acids is 1. The Kier molecular flexibility index (Phi) is 5.56. The van der Waals surface area contributed by atoms with Gasteiger partial charge in [0.2, 0.25) is 0 Å².